The van der Waals surface area contributed by atoms with Crippen LogP contribution in [-0.4, -0.2) is 33.9 Å². The van der Waals surface area contributed by atoms with Gasteiger partial charge in [0.25, 0.3) is 12.4 Å². The first-order valence-electron chi connectivity index (χ1n) is 12.9. The van der Waals surface area contributed by atoms with Gasteiger partial charge in [0, 0.05) is 23.7 Å². The highest BCUT2D eigenvalue weighted by atomic mass is 19.1. The number of nitrogens with one attached hydrogen (secondary N) is 2. The van der Waals surface area contributed by atoms with E-state index in [-0.39, 0.29) is 41.8 Å². The van der Waals surface area contributed by atoms with Gasteiger partial charge in [-0.1, -0.05) is 41.1 Å². The molecule has 0 spiro atoms. The van der Waals surface area contributed by atoms with Gasteiger partial charge in [-0.2, -0.15) is 4.98 Å². The van der Waals surface area contributed by atoms with Gasteiger partial charge < -0.3 is 14.6 Å². The molecule has 0 fully saturated rings. The smallest absolute Gasteiger partial charge is 0.323 e. The zero-order valence-corrected chi connectivity index (χ0v) is 22.6. The molecule has 2 heterocycles. The maximum absolute atomic E-state index is 15.0. The lowest BCUT2D eigenvalue weighted by Crippen LogP contribution is -2.41. The SMILES string of the molecule is Cc1ccc(-c2nc(-c3ccc(CC(NC(=O)Nc4ccc(-c5ccc(C)c(F)c5)cn4)OC=O)cc3F)no2)cc1. The van der Waals surface area contributed by atoms with Crippen LogP contribution in [0, 0.1) is 25.5 Å². The van der Waals surface area contributed by atoms with Gasteiger partial charge >= 0.3 is 6.03 Å². The van der Waals surface area contributed by atoms with Crippen LogP contribution in [0.25, 0.3) is 34.0 Å². The Morgan fingerprint density at radius 2 is 1.71 bits per heavy atom. The van der Waals surface area contributed by atoms with Crippen molar-refractivity contribution in [2.45, 2.75) is 26.5 Å². The molecule has 5 rings (SSSR count). The van der Waals surface area contributed by atoms with Crippen molar-refractivity contribution < 1.29 is 27.6 Å². The standard InChI is InChI=1S/C31H25F2N5O4/c1-18-3-7-21(8-4-18)30-37-29(38-42-30)24-11-6-20(13-26(24)33)14-28(41-17-39)36-31(40)35-27-12-10-23(16-34-27)22-9-5-19(2)25(32)15-22/h3-13,15-17,28H,14H2,1-2H3,(H2,34,35,36,40). The second-order valence-corrected chi connectivity index (χ2v) is 9.52. The molecule has 0 aliphatic heterocycles. The van der Waals surface area contributed by atoms with Crippen LogP contribution in [0.2, 0.25) is 0 Å². The average molecular weight is 570 g/mol. The van der Waals surface area contributed by atoms with Crippen LogP contribution in [-0.2, 0) is 16.0 Å². The first kappa shape index (κ1) is 28.1. The molecule has 2 N–H and O–H groups in total. The molecule has 1 unspecified atom stereocenters. The van der Waals surface area contributed by atoms with Gasteiger partial charge in [0.2, 0.25) is 5.82 Å². The summed E-state index contributed by atoms with van der Waals surface area (Å²) in [5, 5.41) is 8.95. The number of hydrogen-bond acceptors (Lipinski definition) is 7. The highest BCUT2D eigenvalue weighted by molar-refractivity contribution is 5.88. The number of carbonyl (C=O) groups is 2. The Morgan fingerprint density at radius 1 is 0.952 bits per heavy atom. The fourth-order valence-corrected chi connectivity index (χ4v) is 4.14. The van der Waals surface area contributed by atoms with Crippen LogP contribution in [0.15, 0.2) is 83.5 Å². The first-order valence-corrected chi connectivity index (χ1v) is 12.9. The van der Waals surface area contributed by atoms with Gasteiger partial charge in [0.05, 0.1) is 5.56 Å². The second kappa shape index (κ2) is 12.4. The molecule has 2 amide bonds. The quantitative estimate of drug-likeness (QED) is 0.160. The largest absolute Gasteiger partial charge is 0.443 e. The number of hydrogen-bond donors (Lipinski definition) is 2. The summed E-state index contributed by atoms with van der Waals surface area (Å²) in [6.07, 6.45) is 0.382. The van der Waals surface area contributed by atoms with Crippen molar-refractivity contribution in [1.82, 2.24) is 20.4 Å². The predicted octanol–water partition coefficient (Wildman–Crippen LogP) is 6.22. The fraction of sp³-hybridized carbons (Fsp3) is 0.129. The molecule has 3 aromatic carbocycles. The highest BCUT2D eigenvalue weighted by Crippen LogP contribution is 2.26. The van der Waals surface area contributed by atoms with E-state index >= 15 is 4.39 Å². The lowest BCUT2D eigenvalue weighted by molar-refractivity contribution is -0.134. The van der Waals surface area contributed by atoms with Gasteiger partial charge in [-0.25, -0.2) is 18.6 Å². The lowest BCUT2D eigenvalue weighted by Gasteiger charge is -2.17. The maximum atomic E-state index is 15.0. The number of anilines is 1. The third-order valence-corrected chi connectivity index (χ3v) is 6.44. The summed E-state index contributed by atoms with van der Waals surface area (Å²) in [7, 11) is 0. The Bertz CT molecular complexity index is 1720. The number of aromatic nitrogens is 3. The van der Waals surface area contributed by atoms with E-state index in [0.29, 0.717) is 27.8 Å². The summed E-state index contributed by atoms with van der Waals surface area (Å²) in [4.78, 5) is 32.1. The molecule has 9 nitrogen and oxygen atoms in total. The van der Waals surface area contributed by atoms with Crippen molar-refractivity contribution in [1.29, 1.82) is 0 Å². The third-order valence-electron chi connectivity index (χ3n) is 6.44. The van der Waals surface area contributed by atoms with Gasteiger partial charge in [0.1, 0.15) is 17.5 Å². The van der Waals surface area contributed by atoms with Gasteiger partial charge in [0.15, 0.2) is 6.23 Å². The topological polar surface area (TPSA) is 119 Å². The second-order valence-electron chi connectivity index (χ2n) is 9.52. The van der Waals surface area contributed by atoms with E-state index in [1.807, 2.05) is 31.2 Å². The maximum Gasteiger partial charge on any atom is 0.323 e. The number of benzene rings is 3. The Hall–Kier alpha value is -5.45. The number of ether oxygens (including phenoxy) is 1. The highest BCUT2D eigenvalue weighted by Gasteiger charge is 2.18. The molecule has 212 valence electrons. The molecular weight excluding hydrogens is 544 g/mol. The number of aryl methyl sites for hydroxylation is 2. The van der Waals surface area contributed by atoms with Gasteiger partial charge in [-0.05, 0) is 73.0 Å². The van der Waals surface area contributed by atoms with Crippen molar-refractivity contribution in [3.63, 3.8) is 0 Å². The summed E-state index contributed by atoms with van der Waals surface area (Å²) in [5.74, 6) is -0.382. The summed E-state index contributed by atoms with van der Waals surface area (Å²) in [5.41, 5.74) is 4.20. The lowest BCUT2D eigenvalue weighted by atomic mass is 10.1. The molecule has 0 aliphatic rings. The van der Waals surface area contributed by atoms with Crippen LogP contribution >= 0.6 is 0 Å². The van der Waals surface area contributed by atoms with Crippen LogP contribution in [0.1, 0.15) is 16.7 Å². The van der Waals surface area contributed by atoms with Gasteiger partial charge in [-0.15, -0.1) is 0 Å². The average Bonchev–Trinajstić information content (AvgIpc) is 3.45. The molecule has 0 radical (unpaired) electrons. The zero-order valence-electron chi connectivity index (χ0n) is 22.6. The number of rotatable bonds is 9. The number of carbonyl (C=O) groups excluding carboxylic acids is 2. The number of pyridine rings is 1. The predicted molar refractivity (Wildman–Crippen MR) is 151 cm³/mol. The number of amides is 2. The number of nitrogens with zero attached hydrogens (tertiary/aromatic N) is 3. The Morgan fingerprint density at radius 3 is 2.40 bits per heavy atom. The molecule has 11 heteroatoms. The third kappa shape index (κ3) is 6.64. The molecular formula is C31H25F2N5O4. The van der Waals surface area contributed by atoms with Crippen LogP contribution < -0.4 is 10.6 Å². The molecule has 0 aliphatic carbocycles. The van der Waals surface area contributed by atoms with Crippen LogP contribution in [0.4, 0.5) is 19.4 Å². The van der Waals surface area contributed by atoms with E-state index in [2.05, 4.69) is 25.8 Å². The molecule has 1 atom stereocenters. The van der Waals surface area contributed by atoms with Gasteiger partial charge in [-0.3, -0.25) is 10.1 Å². The molecule has 0 saturated carbocycles. The zero-order chi connectivity index (χ0) is 29.6. The van der Waals surface area contributed by atoms with E-state index in [1.54, 1.807) is 37.3 Å². The Kier molecular flexibility index (Phi) is 8.28. The van der Waals surface area contributed by atoms with Crippen molar-refractivity contribution in [3.05, 3.63) is 107 Å². The summed E-state index contributed by atoms with van der Waals surface area (Å²) < 4.78 is 39.2. The summed E-state index contributed by atoms with van der Waals surface area (Å²) in [6, 6.07) is 19.2. The van der Waals surface area contributed by atoms with Crippen molar-refractivity contribution in [2.24, 2.45) is 0 Å². The minimum absolute atomic E-state index is 0.0183. The molecule has 5 aromatic rings. The minimum Gasteiger partial charge on any atom is -0.443 e. The summed E-state index contributed by atoms with van der Waals surface area (Å²) in [6.45, 7) is 3.82. The van der Waals surface area contributed by atoms with E-state index in [1.165, 1.54) is 24.4 Å². The number of halogens is 2. The summed E-state index contributed by atoms with van der Waals surface area (Å²) >= 11 is 0. The molecule has 0 bridgehead atoms. The van der Waals surface area contributed by atoms with Crippen molar-refractivity contribution >= 4 is 18.3 Å². The van der Waals surface area contributed by atoms with E-state index in [4.69, 9.17) is 9.26 Å². The fourth-order valence-electron chi connectivity index (χ4n) is 4.14. The van der Waals surface area contributed by atoms with E-state index < -0.39 is 18.1 Å². The first-order chi connectivity index (χ1) is 20.3. The molecule has 42 heavy (non-hydrogen) atoms. The Balaban J connectivity index is 1.22. The molecule has 0 saturated heterocycles. The van der Waals surface area contributed by atoms with E-state index in [9.17, 15) is 14.0 Å². The van der Waals surface area contributed by atoms with Crippen molar-refractivity contribution in [2.75, 3.05) is 5.32 Å². The van der Waals surface area contributed by atoms with Crippen LogP contribution in [0.3, 0.4) is 0 Å². The number of urea groups is 1. The van der Waals surface area contributed by atoms with Crippen molar-refractivity contribution in [3.8, 4) is 34.0 Å². The monoisotopic (exact) mass is 569 g/mol. The Labute approximate surface area is 239 Å². The van der Waals surface area contributed by atoms with E-state index in [0.717, 1.165) is 5.56 Å². The minimum atomic E-state index is -1.10. The van der Waals surface area contributed by atoms with Crippen LogP contribution in [0.5, 0.6) is 0 Å². The normalized spacial score (nSPS) is 11.5. The molecule has 2 aromatic heterocycles.